The summed E-state index contributed by atoms with van der Waals surface area (Å²) in [6, 6.07) is 0. The first-order valence-electron chi connectivity index (χ1n) is 7.05. The van der Waals surface area contributed by atoms with Crippen LogP contribution in [0.5, 0.6) is 0 Å². The van der Waals surface area contributed by atoms with Gasteiger partial charge in [0, 0.05) is 23.3 Å². The predicted molar refractivity (Wildman–Crippen MR) is 90.0 cm³/mol. The van der Waals surface area contributed by atoms with Crippen LogP contribution >= 0.6 is 33.9 Å². The fraction of sp³-hybridized carbons (Fsp3) is 0.533. The van der Waals surface area contributed by atoms with E-state index in [1.165, 1.54) is 41.0 Å². The highest BCUT2D eigenvalue weighted by Crippen LogP contribution is 2.45. The second-order valence-electron chi connectivity index (χ2n) is 5.26. The summed E-state index contributed by atoms with van der Waals surface area (Å²) in [5.41, 5.74) is 3.73. The monoisotopic (exact) mass is 403 g/mol. The van der Waals surface area contributed by atoms with Gasteiger partial charge in [-0.3, -0.25) is 0 Å². The summed E-state index contributed by atoms with van der Waals surface area (Å²) < 4.78 is 6.26. The maximum atomic E-state index is 12.1. The number of nitrogens with zero attached hydrogens (tertiary/aromatic N) is 1. The molecule has 0 unspecified atom stereocenters. The van der Waals surface area contributed by atoms with E-state index in [-0.39, 0.29) is 5.97 Å². The first-order valence-corrected chi connectivity index (χ1v) is 8.94. The average Bonchev–Trinajstić information content (AvgIpc) is 2.78. The van der Waals surface area contributed by atoms with Crippen molar-refractivity contribution in [2.45, 2.75) is 39.2 Å². The molecule has 0 N–H and O–H groups in total. The van der Waals surface area contributed by atoms with E-state index in [9.17, 15) is 4.79 Å². The number of hydrogen-bond donors (Lipinski definition) is 0. The number of rotatable bonds is 2. The van der Waals surface area contributed by atoms with E-state index in [0.29, 0.717) is 6.61 Å². The van der Waals surface area contributed by atoms with E-state index in [1.54, 1.807) is 5.56 Å². The van der Waals surface area contributed by atoms with Crippen molar-refractivity contribution in [1.29, 1.82) is 0 Å². The number of carbonyl (C=O) groups is 1. The Morgan fingerprint density at radius 3 is 2.85 bits per heavy atom. The van der Waals surface area contributed by atoms with Gasteiger partial charge in [-0.2, -0.15) is 0 Å². The number of likely N-dealkylation sites (N-methyl/N-ethyl adjacent to an activating group) is 1. The minimum Gasteiger partial charge on any atom is -0.461 e. The molecular weight excluding hydrogens is 385 g/mol. The zero-order valence-corrected chi connectivity index (χ0v) is 14.8. The molecule has 20 heavy (non-hydrogen) atoms. The van der Waals surface area contributed by atoms with Crippen LogP contribution in [0, 0.1) is 0 Å². The first-order chi connectivity index (χ1) is 9.63. The number of ether oxygens (including phenoxy) is 1. The molecule has 3 rings (SSSR count). The fourth-order valence-electron chi connectivity index (χ4n) is 3.01. The van der Waals surface area contributed by atoms with Gasteiger partial charge < -0.3 is 9.64 Å². The average molecular weight is 403 g/mol. The van der Waals surface area contributed by atoms with E-state index < -0.39 is 0 Å². The van der Waals surface area contributed by atoms with Crippen molar-refractivity contribution in [3.63, 3.8) is 0 Å². The third-order valence-electron chi connectivity index (χ3n) is 3.93. The molecule has 2 heterocycles. The molecule has 1 aromatic rings. The highest BCUT2D eigenvalue weighted by atomic mass is 127. The van der Waals surface area contributed by atoms with Gasteiger partial charge in [0.05, 0.1) is 10.2 Å². The third-order valence-corrected chi connectivity index (χ3v) is 6.70. The summed E-state index contributed by atoms with van der Waals surface area (Å²) in [5, 5.41) is 0. The number of halogens is 1. The summed E-state index contributed by atoms with van der Waals surface area (Å²) >= 11 is 4.20. The van der Waals surface area contributed by atoms with Crippen LogP contribution in [0.15, 0.2) is 5.70 Å². The molecular formula is C15H18INO2S. The molecule has 0 spiro atoms. The van der Waals surface area contributed by atoms with Gasteiger partial charge in [-0.1, -0.05) is 0 Å². The zero-order valence-electron chi connectivity index (χ0n) is 11.8. The molecule has 1 aromatic heterocycles. The maximum absolute atomic E-state index is 12.1. The zero-order chi connectivity index (χ0) is 14.3. The number of hydrogen-bond acceptors (Lipinski definition) is 4. The second-order valence-corrected chi connectivity index (χ2v) is 7.44. The van der Waals surface area contributed by atoms with Gasteiger partial charge in [-0.15, -0.1) is 11.3 Å². The van der Waals surface area contributed by atoms with Crippen molar-refractivity contribution < 1.29 is 9.53 Å². The molecule has 0 bridgehead atoms. The molecule has 3 nitrogen and oxygen atoms in total. The molecule has 0 saturated carbocycles. The van der Waals surface area contributed by atoms with Crippen molar-refractivity contribution >= 4 is 43.5 Å². The number of fused-ring (bicyclic) bond motifs is 3. The molecule has 0 atom stereocenters. The summed E-state index contributed by atoms with van der Waals surface area (Å²) in [7, 11) is 1.99. The Morgan fingerprint density at radius 1 is 1.35 bits per heavy atom. The third kappa shape index (κ3) is 2.28. The molecule has 2 aliphatic rings. The molecule has 5 heteroatoms. The van der Waals surface area contributed by atoms with Crippen LogP contribution in [0.25, 0.3) is 3.58 Å². The minimum absolute atomic E-state index is 0.198. The van der Waals surface area contributed by atoms with Crippen LogP contribution in [0.3, 0.4) is 0 Å². The van der Waals surface area contributed by atoms with Gasteiger partial charge in [-0.25, -0.2) is 4.79 Å². The molecule has 0 fully saturated rings. The van der Waals surface area contributed by atoms with Crippen molar-refractivity contribution in [2.75, 3.05) is 13.7 Å². The van der Waals surface area contributed by atoms with E-state index in [0.717, 1.165) is 15.8 Å². The lowest BCUT2D eigenvalue weighted by Gasteiger charge is -2.28. The number of aryl methyl sites for hydroxylation is 1. The highest BCUT2D eigenvalue weighted by Gasteiger charge is 2.32. The Kier molecular flexibility index (Phi) is 4.08. The second kappa shape index (κ2) is 5.67. The summed E-state index contributed by atoms with van der Waals surface area (Å²) in [6.45, 7) is 3.11. The van der Waals surface area contributed by atoms with Crippen LogP contribution < -0.4 is 0 Å². The van der Waals surface area contributed by atoms with Crippen molar-refractivity contribution in [1.82, 2.24) is 4.90 Å². The lowest BCUT2D eigenvalue weighted by molar-refractivity contribution is -0.140. The Balaban J connectivity index is 2.07. The highest BCUT2D eigenvalue weighted by molar-refractivity contribution is 14.1. The molecule has 108 valence electrons. The predicted octanol–water partition coefficient (Wildman–Crippen LogP) is 3.74. The van der Waals surface area contributed by atoms with Crippen LogP contribution in [0.4, 0.5) is 0 Å². The van der Waals surface area contributed by atoms with E-state index in [2.05, 4.69) is 22.6 Å². The minimum atomic E-state index is -0.198. The topological polar surface area (TPSA) is 29.5 Å². The Labute approximate surface area is 137 Å². The van der Waals surface area contributed by atoms with Gasteiger partial charge >= 0.3 is 5.97 Å². The van der Waals surface area contributed by atoms with Crippen LogP contribution in [-0.2, 0) is 28.9 Å². The van der Waals surface area contributed by atoms with E-state index in [1.807, 2.05) is 30.2 Å². The van der Waals surface area contributed by atoms with Crippen LogP contribution in [0.1, 0.15) is 40.6 Å². The van der Waals surface area contributed by atoms with Gasteiger partial charge in [-0.05, 0) is 66.3 Å². The largest absolute Gasteiger partial charge is 0.461 e. The van der Waals surface area contributed by atoms with Crippen molar-refractivity contribution in [3.8, 4) is 0 Å². The molecule has 0 radical (unpaired) electrons. The SMILES string of the molecule is CCOC(=O)C1=C(I)c2sc3c(c2CN1C)CCCC3. The first kappa shape index (κ1) is 14.4. The Morgan fingerprint density at radius 2 is 2.10 bits per heavy atom. The van der Waals surface area contributed by atoms with Gasteiger partial charge in [0.1, 0.15) is 5.70 Å². The molecule has 1 aliphatic carbocycles. The molecule has 0 saturated heterocycles. The van der Waals surface area contributed by atoms with E-state index >= 15 is 0 Å². The van der Waals surface area contributed by atoms with Crippen molar-refractivity contribution in [3.05, 3.63) is 26.6 Å². The summed E-state index contributed by atoms with van der Waals surface area (Å²) in [4.78, 5) is 17.0. The Bertz CT molecular complexity index is 591. The molecule has 1 aliphatic heterocycles. The van der Waals surface area contributed by atoms with Crippen molar-refractivity contribution in [2.24, 2.45) is 0 Å². The lowest BCUT2D eigenvalue weighted by Crippen LogP contribution is -2.29. The number of thiophene rings is 1. The standard InChI is InChI=1S/C15H18INO2S/c1-3-19-15(18)13-12(16)14-10(8-17(13)2)9-6-4-5-7-11(9)20-14/h3-8H2,1-2H3. The van der Waals surface area contributed by atoms with Crippen LogP contribution in [0.2, 0.25) is 0 Å². The number of carbonyl (C=O) groups excluding carboxylic acids is 1. The van der Waals surface area contributed by atoms with Gasteiger partial charge in [0.15, 0.2) is 0 Å². The summed E-state index contributed by atoms with van der Waals surface area (Å²) in [5.74, 6) is -0.198. The fourth-order valence-corrected chi connectivity index (χ4v) is 5.64. The van der Waals surface area contributed by atoms with Crippen LogP contribution in [-0.4, -0.2) is 24.5 Å². The smallest absolute Gasteiger partial charge is 0.355 e. The Hall–Kier alpha value is -0.560. The normalized spacial score (nSPS) is 17.9. The quantitative estimate of drug-likeness (QED) is 0.557. The maximum Gasteiger partial charge on any atom is 0.355 e. The number of esters is 1. The van der Waals surface area contributed by atoms with E-state index in [4.69, 9.17) is 4.74 Å². The lowest BCUT2D eigenvalue weighted by atomic mass is 9.93. The molecule has 0 amide bonds. The molecule has 0 aromatic carbocycles. The summed E-state index contributed by atoms with van der Waals surface area (Å²) in [6.07, 6.45) is 5.00. The van der Waals surface area contributed by atoms with Gasteiger partial charge in [0.25, 0.3) is 0 Å². The van der Waals surface area contributed by atoms with Gasteiger partial charge in [0.2, 0.25) is 0 Å².